The van der Waals surface area contributed by atoms with E-state index in [1.54, 1.807) is 12.5 Å². The van der Waals surface area contributed by atoms with Gasteiger partial charge in [-0.2, -0.15) is 0 Å². The molecule has 0 bridgehead atoms. The van der Waals surface area contributed by atoms with Crippen molar-refractivity contribution in [2.45, 2.75) is 12.8 Å². The van der Waals surface area contributed by atoms with E-state index in [4.69, 9.17) is 4.52 Å². The van der Waals surface area contributed by atoms with Crippen LogP contribution in [0.1, 0.15) is 22.3 Å². The Morgan fingerprint density at radius 1 is 1.18 bits per heavy atom. The van der Waals surface area contributed by atoms with Gasteiger partial charge in [0.15, 0.2) is 0 Å². The van der Waals surface area contributed by atoms with Crippen molar-refractivity contribution in [3.05, 3.63) is 72.4 Å². The Morgan fingerprint density at radius 3 is 2.64 bits per heavy atom. The van der Waals surface area contributed by atoms with E-state index in [2.05, 4.69) is 10.5 Å². The largest absolute Gasteiger partial charge is 0.364 e. The van der Waals surface area contributed by atoms with Gasteiger partial charge >= 0.3 is 0 Å². The smallest absolute Gasteiger partial charge is 0.251 e. The van der Waals surface area contributed by atoms with Gasteiger partial charge in [0.2, 0.25) is 0 Å². The first-order valence-corrected chi connectivity index (χ1v) is 7.23. The third-order valence-corrected chi connectivity index (χ3v) is 3.44. The summed E-state index contributed by atoms with van der Waals surface area (Å²) in [7, 11) is 0. The number of carbonyl (C=O) groups is 1. The molecule has 0 aliphatic rings. The molecule has 22 heavy (non-hydrogen) atoms. The Bertz CT molecular complexity index is 701. The maximum Gasteiger partial charge on any atom is 0.251 e. The predicted octanol–water partition coefficient (Wildman–Crippen LogP) is 2.83. The van der Waals surface area contributed by atoms with Gasteiger partial charge in [-0.05, 0) is 49.2 Å². The molecule has 0 saturated carbocycles. The number of hydrogen-bond donors (Lipinski definition) is 1. The highest BCUT2D eigenvalue weighted by molar-refractivity contribution is 5.94. The molecule has 5 heteroatoms. The first-order valence-electron chi connectivity index (χ1n) is 7.23. The average Bonchev–Trinajstić information content (AvgIpc) is 3.25. The lowest BCUT2D eigenvalue weighted by Gasteiger charge is -2.06. The van der Waals surface area contributed by atoms with Crippen LogP contribution in [0.3, 0.4) is 0 Å². The molecular weight excluding hydrogens is 278 g/mol. The summed E-state index contributed by atoms with van der Waals surface area (Å²) in [5, 5.41) is 6.57. The Kier molecular flexibility index (Phi) is 4.34. The van der Waals surface area contributed by atoms with Crippen LogP contribution in [0, 0.1) is 0 Å². The number of rotatable bonds is 6. The van der Waals surface area contributed by atoms with Crippen LogP contribution in [-0.4, -0.2) is 22.2 Å². The Morgan fingerprint density at radius 2 is 1.95 bits per heavy atom. The standard InChI is InChI=1S/C17H17N3O2/c21-17(18-9-3-4-14-12-19-22-13-14)15-5-7-16(8-6-15)20-10-1-2-11-20/h1-2,5-8,10-13H,3-4,9H2,(H,18,21). The zero-order chi connectivity index (χ0) is 15.2. The summed E-state index contributed by atoms with van der Waals surface area (Å²) in [5.41, 5.74) is 2.75. The molecule has 2 aromatic heterocycles. The minimum Gasteiger partial charge on any atom is -0.364 e. The minimum absolute atomic E-state index is 0.0515. The van der Waals surface area contributed by atoms with Crippen LogP contribution in [-0.2, 0) is 6.42 Å². The van der Waals surface area contributed by atoms with Crippen molar-refractivity contribution < 1.29 is 9.32 Å². The molecule has 0 fully saturated rings. The zero-order valence-corrected chi connectivity index (χ0v) is 12.1. The summed E-state index contributed by atoms with van der Waals surface area (Å²) < 4.78 is 6.77. The lowest BCUT2D eigenvalue weighted by Crippen LogP contribution is -2.24. The van der Waals surface area contributed by atoms with Gasteiger partial charge in [0.05, 0.1) is 6.20 Å². The molecule has 3 rings (SSSR count). The number of amides is 1. The second-order valence-electron chi connectivity index (χ2n) is 5.03. The monoisotopic (exact) mass is 295 g/mol. The maximum absolute atomic E-state index is 12.1. The fraction of sp³-hybridized carbons (Fsp3) is 0.176. The first-order chi connectivity index (χ1) is 10.8. The molecule has 1 aromatic carbocycles. The summed E-state index contributed by atoms with van der Waals surface area (Å²) in [6.07, 6.45) is 8.97. The van der Waals surface area contributed by atoms with E-state index in [9.17, 15) is 4.79 Å². The van der Waals surface area contributed by atoms with E-state index in [1.807, 2.05) is 53.4 Å². The summed E-state index contributed by atoms with van der Waals surface area (Å²) >= 11 is 0. The van der Waals surface area contributed by atoms with Crippen molar-refractivity contribution in [1.29, 1.82) is 0 Å². The molecule has 3 aromatic rings. The number of nitrogens with zero attached hydrogens (tertiary/aromatic N) is 2. The molecular formula is C17H17N3O2. The fourth-order valence-corrected chi connectivity index (χ4v) is 2.24. The number of nitrogens with one attached hydrogen (secondary N) is 1. The second kappa shape index (κ2) is 6.76. The van der Waals surface area contributed by atoms with Crippen LogP contribution in [0.4, 0.5) is 0 Å². The lowest BCUT2D eigenvalue weighted by atomic mass is 10.1. The Hall–Kier alpha value is -2.82. The van der Waals surface area contributed by atoms with Crippen LogP contribution >= 0.6 is 0 Å². The number of carbonyl (C=O) groups excluding carboxylic acids is 1. The van der Waals surface area contributed by atoms with Crippen molar-refractivity contribution in [2.75, 3.05) is 6.54 Å². The minimum atomic E-state index is -0.0515. The molecule has 1 amide bonds. The molecule has 0 atom stereocenters. The molecule has 0 spiro atoms. The lowest BCUT2D eigenvalue weighted by molar-refractivity contribution is 0.0953. The highest BCUT2D eigenvalue weighted by Crippen LogP contribution is 2.10. The van der Waals surface area contributed by atoms with Crippen LogP contribution in [0.15, 0.2) is 65.8 Å². The van der Waals surface area contributed by atoms with Crippen molar-refractivity contribution in [3.63, 3.8) is 0 Å². The van der Waals surface area contributed by atoms with Gasteiger partial charge in [0.1, 0.15) is 6.26 Å². The number of aromatic nitrogens is 2. The normalized spacial score (nSPS) is 10.5. The Balaban J connectivity index is 1.49. The van der Waals surface area contributed by atoms with Crippen LogP contribution < -0.4 is 5.32 Å². The SMILES string of the molecule is O=C(NCCCc1cnoc1)c1ccc(-n2cccc2)cc1. The fourth-order valence-electron chi connectivity index (χ4n) is 2.24. The molecule has 0 saturated heterocycles. The molecule has 0 aliphatic heterocycles. The highest BCUT2D eigenvalue weighted by Gasteiger charge is 2.05. The van der Waals surface area contributed by atoms with Crippen LogP contribution in [0.5, 0.6) is 0 Å². The summed E-state index contributed by atoms with van der Waals surface area (Å²) in [6, 6.07) is 11.5. The highest BCUT2D eigenvalue weighted by atomic mass is 16.5. The van der Waals surface area contributed by atoms with E-state index >= 15 is 0 Å². The third-order valence-electron chi connectivity index (χ3n) is 3.44. The molecule has 0 aliphatic carbocycles. The molecule has 5 nitrogen and oxygen atoms in total. The van der Waals surface area contributed by atoms with Crippen molar-refractivity contribution >= 4 is 5.91 Å². The number of hydrogen-bond acceptors (Lipinski definition) is 3. The summed E-state index contributed by atoms with van der Waals surface area (Å²) in [6.45, 7) is 0.628. The van der Waals surface area contributed by atoms with Gasteiger partial charge in [-0.3, -0.25) is 4.79 Å². The van der Waals surface area contributed by atoms with E-state index in [0.717, 1.165) is 24.1 Å². The van der Waals surface area contributed by atoms with Gasteiger partial charge in [-0.25, -0.2) is 0 Å². The van der Waals surface area contributed by atoms with E-state index in [-0.39, 0.29) is 5.91 Å². The first kappa shape index (κ1) is 14.1. The molecule has 0 unspecified atom stereocenters. The molecule has 2 heterocycles. The molecule has 0 radical (unpaired) electrons. The molecule has 1 N–H and O–H groups in total. The van der Waals surface area contributed by atoms with Crippen molar-refractivity contribution in [3.8, 4) is 5.69 Å². The van der Waals surface area contributed by atoms with Gasteiger partial charge in [-0.1, -0.05) is 5.16 Å². The quantitative estimate of drug-likeness (QED) is 0.711. The van der Waals surface area contributed by atoms with E-state index in [0.29, 0.717) is 12.1 Å². The van der Waals surface area contributed by atoms with Gasteiger partial charge in [-0.15, -0.1) is 0 Å². The van der Waals surface area contributed by atoms with Crippen molar-refractivity contribution in [1.82, 2.24) is 15.0 Å². The summed E-state index contributed by atoms with van der Waals surface area (Å²) in [5.74, 6) is -0.0515. The van der Waals surface area contributed by atoms with Crippen molar-refractivity contribution in [2.24, 2.45) is 0 Å². The van der Waals surface area contributed by atoms with E-state index in [1.165, 1.54) is 0 Å². The maximum atomic E-state index is 12.1. The average molecular weight is 295 g/mol. The number of benzene rings is 1. The predicted molar refractivity (Wildman–Crippen MR) is 82.9 cm³/mol. The van der Waals surface area contributed by atoms with Crippen LogP contribution in [0.25, 0.3) is 5.69 Å². The van der Waals surface area contributed by atoms with Crippen LogP contribution in [0.2, 0.25) is 0 Å². The Labute approximate surface area is 128 Å². The van der Waals surface area contributed by atoms with E-state index < -0.39 is 0 Å². The van der Waals surface area contributed by atoms with Gasteiger partial charge in [0.25, 0.3) is 5.91 Å². The summed E-state index contributed by atoms with van der Waals surface area (Å²) in [4.78, 5) is 12.1. The van der Waals surface area contributed by atoms with Gasteiger partial charge in [0, 0.05) is 35.8 Å². The third kappa shape index (κ3) is 3.44. The van der Waals surface area contributed by atoms with Gasteiger partial charge < -0.3 is 14.4 Å². The number of aryl methyl sites for hydroxylation is 1. The topological polar surface area (TPSA) is 60.1 Å². The second-order valence-corrected chi connectivity index (χ2v) is 5.03. The molecule has 112 valence electrons. The zero-order valence-electron chi connectivity index (χ0n) is 12.1.